The van der Waals surface area contributed by atoms with Gasteiger partial charge in [-0.2, -0.15) is 0 Å². The van der Waals surface area contributed by atoms with Gasteiger partial charge < -0.3 is 4.74 Å². The minimum atomic E-state index is -0.357. The summed E-state index contributed by atoms with van der Waals surface area (Å²) in [7, 11) is 1.36. The first kappa shape index (κ1) is 19.9. The number of ketones is 1. The lowest BCUT2D eigenvalue weighted by Gasteiger charge is -2.32. The maximum absolute atomic E-state index is 11.9. The quantitative estimate of drug-likeness (QED) is 0.411. The van der Waals surface area contributed by atoms with Gasteiger partial charge in [-0.1, -0.05) is 49.8 Å². The summed E-state index contributed by atoms with van der Waals surface area (Å²) in [5.41, 5.74) is 3.93. The van der Waals surface area contributed by atoms with Gasteiger partial charge in [0.15, 0.2) is 5.78 Å². The highest BCUT2D eigenvalue weighted by Crippen LogP contribution is 2.39. The van der Waals surface area contributed by atoms with Crippen LogP contribution in [-0.4, -0.2) is 18.9 Å². The molecule has 0 atom stereocenters. The van der Waals surface area contributed by atoms with Crippen molar-refractivity contribution in [1.29, 1.82) is 0 Å². The van der Waals surface area contributed by atoms with Gasteiger partial charge in [0.05, 0.1) is 7.11 Å². The largest absolute Gasteiger partial charge is 0.466 e. The van der Waals surface area contributed by atoms with Crippen molar-refractivity contribution in [3.63, 3.8) is 0 Å². The predicted molar refractivity (Wildman–Crippen MR) is 98.5 cm³/mol. The van der Waals surface area contributed by atoms with Gasteiger partial charge >= 0.3 is 5.97 Å². The molecule has 130 valence electrons. The lowest BCUT2D eigenvalue weighted by molar-refractivity contribution is -0.134. The number of allylic oxidation sites excluding steroid dienone is 9. The molecular formula is C21H28O3. The molecule has 0 unspecified atom stereocenters. The molecule has 3 nitrogen and oxygen atoms in total. The summed E-state index contributed by atoms with van der Waals surface area (Å²) >= 11 is 0. The molecule has 0 saturated heterocycles. The second-order valence-electron chi connectivity index (χ2n) is 6.86. The Labute approximate surface area is 145 Å². The predicted octanol–water partition coefficient (Wildman–Crippen LogP) is 4.87. The molecule has 3 heteroatoms. The number of Topliss-reactive ketones (excluding diaryl/α,β-unsaturated/α-hetero) is 1. The van der Waals surface area contributed by atoms with E-state index in [2.05, 4.69) is 24.7 Å². The number of rotatable bonds is 5. The summed E-state index contributed by atoms with van der Waals surface area (Å²) in [5, 5.41) is 0. The van der Waals surface area contributed by atoms with Crippen LogP contribution in [0.2, 0.25) is 0 Å². The zero-order valence-corrected chi connectivity index (χ0v) is 15.6. The second kappa shape index (κ2) is 8.62. The van der Waals surface area contributed by atoms with E-state index in [4.69, 9.17) is 0 Å². The van der Waals surface area contributed by atoms with E-state index in [1.165, 1.54) is 13.2 Å². The molecule has 0 aliphatic heterocycles. The van der Waals surface area contributed by atoms with Gasteiger partial charge in [-0.15, -0.1) is 0 Å². The summed E-state index contributed by atoms with van der Waals surface area (Å²) in [4.78, 5) is 23.1. The first-order chi connectivity index (χ1) is 11.2. The fourth-order valence-corrected chi connectivity index (χ4v) is 2.67. The molecule has 1 aliphatic rings. The summed E-state index contributed by atoms with van der Waals surface area (Å²) in [6.45, 7) is 10.1. The van der Waals surface area contributed by atoms with Crippen LogP contribution in [0.25, 0.3) is 0 Å². The van der Waals surface area contributed by atoms with E-state index in [9.17, 15) is 9.59 Å². The third-order valence-corrected chi connectivity index (χ3v) is 4.31. The van der Waals surface area contributed by atoms with Crippen molar-refractivity contribution in [3.05, 3.63) is 58.7 Å². The van der Waals surface area contributed by atoms with Crippen molar-refractivity contribution >= 4 is 11.8 Å². The Balaban J connectivity index is 2.86. The number of carbonyl (C=O) groups is 2. The highest BCUT2D eigenvalue weighted by atomic mass is 16.5. The number of ether oxygens (including phenoxy) is 1. The van der Waals surface area contributed by atoms with Crippen LogP contribution in [0.3, 0.4) is 0 Å². The second-order valence-corrected chi connectivity index (χ2v) is 6.86. The minimum Gasteiger partial charge on any atom is -0.466 e. The summed E-state index contributed by atoms with van der Waals surface area (Å²) < 4.78 is 4.58. The molecule has 0 bridgehead atoms. The van der Waals surface area contributed by atoms with Crippen molar-refractivity contribution in [1.82, 2.24) is 0 Å². The Morgan fingerprint density at radius 1 is 1.17 bits per heavy atom. The molecule has 0 heterocycles. The standard InChI is InChI=1S/C21H28O3/c1-15(8-7-9-16(2)14-20(23)24-6)10-11-18-17(3)19(22)12-13-21(18,4)5/h7-11,14H,12-13H2,1-6H3/b9-7+,11-10+,15-8+,16-14+. The summed E-state index contributed by atoms with van der Waals surface area (Å²) in [6, 6.07) is 0. The average molecular weight is 328 g/mol. The van der Waals surface area contributed by atoms with E-state index in [0.29, 0.717) is 6.42 Å². The lowest BCUT2D eigenvalue weighted by atomic mass is 9.72. The lowest BCUT2D eigenvalue weighted by Crippen LogP contribution is -2.24. The molecule has 0 aromatic rings. The average Bonchev–Trinajstić information content (AvgIpc) is 2.51. The van der Waals surface area contributed by atoms with Gasteiger partial charge in [-0.05, 0) is 49.3 Å². The topological polar surface area (TPSA) is 43.4 Å². The van der Waals surface area contributed by atoms with Gasteiger partial charge in [0.2, 0.25) is 0 Å². The highest BCUT2D eigenvalue weighted by molar-refractivity contribution is 5.97. The third kappa shape index (κ3) is 5.80. The van der Waals surface area contributed by atoms with Crippen LogP contribution in [0, 0.1) is 5.41 Å². The molecule has 0 aromatic heterocycles. The molecule has 0 radical (unpaired) electrons. The Kier molecular flexibility index (Phi) is 7.15. The molecule has 0 saturated carbocycles. The van der Waals surface area contributed by atoms with Crippen LogP contribution in [0.15, 0.2) is 58.7 Å². The van der Waals surface area contributed by atoms with Crippen LogP contribution in [0.4, 0.5) is 0 Å². The van der Waals surface area contributed by atoms with Gasteiger partial charge in [0, 0.05) is 12.5 Å². The van der Waals surface area contributed by atoms with Crippen LogP contribution < -0.4 is 0 Å². The smallest absolute Gasteiger partial charge is 0.330 e. The molecule has 1 rings (SSSR count). The van der Waals surface area contributed by atoms with Crippen molar-refractivity contribution < 1.29 is 14.3 Å². The monoisotopic (exact) mass is 328 g/mol. The normalized spacial score (nSPS) is 19.5. The van der Waals surface area contributed by atoms with Gasteiger partial charge in [0.1, 0.15) is 0 Å². The van der Waals surface area contributed by atoms with E-state index >= 15 is 0 Å². The number of hydrogen-bond acceptors (Lipinski definition) is 3. The summed E-state index contributed by atoms with van der Waals surface area (Å²) in [5.74, 6) is -0.108. The van der Waals surface area contributed by atoms with E-state index < -0.39 is 0 Å². The highest BCUT2D eigenvalue weighted by Gasteiger charge is 2.30. The third-order valence-electron chi connectivity index (χ3n) is 4.31. The number of esters is 1. The fourth-order valence-electron chi connectivity index (χ4n) is 2.67. The van der Waals surface area contributed by atoms with Crippen LogP contribution >= 0.6 is 0 Å². The van der Waals surface area contributed by atoms with E-state index in [1.807, 2.05) is 45.1 Å². The van der Waals surface area contributed by atoms with E-state index in [0.717, 1.165) is 28.7 Å². The molecule has 0 fully saturated rings. The van der Waals surface area contributed by atoms with Crippen molar-refractivity contribution in [2.45, 2.75) is 47.5 Å². The SMILES string of the molecule is COC(=O)/C=C(C)/C=C/C=C(C)/C=C/C1=C(C)C(=O)CCC1(C)C. The van der Waals surface area contributed by atoms with Crippen LogP contribution in [0.5, 0.6) is 0 Å². The van der Waals surface area contributed by atoms with Crippen molar-refractivity contribution in [2.75, 3.05) is 7.11 Å². The van der Waals surface area contributed by atoms with Crippen LogP contribution in [0.1, 0.15) is 47.5 Å². The summed E-state index contributed by atoms with van der Waals surface area (Å²) in [6.07, 6.45) is 12.8. The fraction of sp³-hybridized carbons (Fsp3) is 0.429. The molecule has 0 aromatic carbocycles. The molecule has 24 heavy (non-hydrogen) atoms. The molecule has 1 aliphatic carbocycles. The molecule has 0 amide bonds. The molecular weight excluding hydrogens is 300 g/mol. The molecule has 0 spiro atoms. The maximum atomic E-state index is 11.9. The van der Waals surface area contributed by atoms with E-state index in [-0.39, 0.29) is 17.2 Å². The number of carbonyl (C=O) groups excluding carboxylic acids is 2. The van der Waals surface area contributed by atoms with Crippen molar-refractivity contribution in [3.8, 4) is 0 Å². The van der Waals surface area contributed by atoms with Crippen LogP contribution in [-0.2, 0) is 14.3 Å². The zero-order valence-electron chi connectivity index (χ0n) is 15.6. The Morgan fingerprint density at radius 3 is 2.46 bits per heavy atom. The molecule has 0 N–H and O–H groups in total. The van der Waals surface area contributed by atoms with Crippen molar-refractivity contribution in [2.24, 2.45) is 5.41 Å². The van der Waals surface area contributed by atoms with E-state index in [1.54, 1.807) is 0 Å². The first-order valence-corrected chi connectivity index (χ1v) is 8.21. The first-order valence-electron chi connectivity index (χ1n) is 8.21. The number of hydrogen-bond donors (Lipinski definition) is 0. The zero-order chi connectivity index (χ0) is 18.3. The Bertz CT molecular complexity index is 653. The number of methoxy groups -OCH3 is 1. The van der Waals surface area contributed by atoms with Gasteiger partial charge in [-0.3, -0.25) is 4.79 Å². The Hall–Kier alpha value is -2.16. The van der Waals surface area contributed by atoms with Gasteiger partial charge in [0.25, 0.3) is 0 Å². The van der Waals surface area contributed by atoms with Gasteiger partial charge in [-0.25, -0.2) is 4.79 Å². The Morgan fingerprint density at radius 2 is 1.83 bits per heavy atom. The maximum Gasteiger partial charge on any atom is 0.330 e. The minimum absolute atomic E-state index is 0.0322.